The van der Waals surface area contributed by atoms with Gasteiger partial charge < -0.3 is 0 Å². The molecule has 0 heterocycles. The maximum Gasteiger partial charge on any atom is -0.0350 e. The lowest BCUT2D eigenvalue weighted by Crippen LogP contribution is -1.57. The summed E-state index contributed by atoms with van der Waals surface area (Å²) in [6, 6.07) is 0. The summed E-state index contributed by atoms with van der Waals surface area (Å²) in [5.74, 6) is 0. The molecule has 0 saturated heterocycles. The molecular formula is C8H15Cl. The molecule has 0 nitrogen and oxygen atoms in total. The molecule has 0 aromatic rings. The monoisotopic (exact) mass is 146 g/mol. The summed E-state index contributed by atoms with van der Waals surface area (Å²) >= 11 is 0. The van der Waals surface area contributed by atoms with Gasteiger partial charge in [-0.05, 0) is 13.3 Å². The molecule has 0 aliphatic heterocycles. The second kappa shape index (κ2) is 10.7. The number of allylic oxidation sites excluding steroid dienone is 4. The van der Waals surface area contributed by atoms with Gasteiger partial charge in [0.2, 0.25) is 0 Å². The highest BCUT2D eigenvalue weighted by molar-refractivity contribution is 5.85. The normalized spacial score (nSPS) is 10.4. The van der Waals surface area contributed by atoms with Gasteiger partial charge >= 0.3 is 0 Å². The van der Waals surface area contributed by atoms with Gasteiger partial charge in [-0.25, -0.2) is 0 Å². The van der Waals surface area contributed by atoms with E-state index in [1.807, 2.05) is 13.0 Å². The fraction of sp³-hybridized carbons (Fsp3) is 0.500. The minimum absolute atomic E-state index is 0. The molecule has 1 heteroatoms. The van der Waals surface area contributed by atoms with Crippen LogP contribution in [0.25, 0.3) is 0 Å². The van der Waals surface area contributed by atoms with Gasteiger partial charge in [0.05, 0.1) is 0 Å². The number of rotatable bonds is 3. The molecule has 54 valence electrons. The van der Waals surface area contributed by atoms with Crippen molar-refractivity contribution in [3.8, 4) is 0 Å². The quantitative estimate of drug-likeness (QED) is 0.536. The van der Waals surface area contributed by atoms with E-state index in [0.717, 1.165) is 0 Å². The molecule has 0 fully saturated rings. The van der Waals surface area contributed by atoms with Gasteiger partial charge in [0.25, 0.3) is 0 Å². The van der Waals surface area contributed by atoms with E-state index >= 15 is 0 Å². The Morgan fingerprint density at radius 3 is 2.33 bits per heavy atom. The topological polar surface area (TPSA) is 0 Å². The molecule has 0 aliphatic carbocycles. The second-order valence-electron chi connectivity index (χ2n) is 1.74. The first-order valence-electron chi connectivity index (χ1n) is 3.19. The third-order valence-corrected chi connectivity index (χ3v) is 0.895. The standard InChI is InChI=1S/C8H14.ClH/c1-3-5-7-8-6-4-2;/h3,5,7-8H,4,6H2,1-2H3;1H/b5-3-,8-7-;. The summed E-state index contributed by atoms with van der Waals surface area (Å²) in [6.07, 6.45) is 10.8. The Morgan fingerprint density at radius 1 is 1.22 bits per heavy atom. The predicted octanol–water partition coefficient (Wildman–Crippen LogP) is 3.34. The van der Waals surface area contributed by atoms with Gasteiger partial charge in [0.15, 0.2) is 0 Å². The molecule has 0 rings (SSSR count). The molecule has 9 heavy (non-hydrogen) atoms. The highest BCUT2D eigenvalue weighted by Gasteiger charge is 1.67. The molecular weight excluding hydrogens is 132 g/mol. The molecule has 0 N–H and O–H groups in total. The van der Waals surface area contributed by atoms with Crippen molar-refractivity contribution in [3.05, 3.63) is 24.3 Å². The first-order chi connectivity index (χ1) is 3.91. The van der Waals surface area contributed by atoms with E-state index in [0.29, 0.717) is 0 Å². The van der Waals surface area contributed by atoms with E-state index < -0.39 is 0 Å². The van der Waals surface area contributed by atoms with Crippen LogP contribution < -0.4 is 0 Å². The molecule has 0 aliphatic rings. The van der Waals surface area contributed by atoms with Crippen molar-refractivity contribution < 1.29 is 0 Å². The smallest absolute Gasteiger partial charge is 0.0350 e. The fourth-order valence-electron chi connectivity index (χ4n) is 0.453. The fourth-order valence-corrected chi connectivity index (χ4v) is 0.453. The van der Waals surface area contributed by atoms with E-state index in [2.05, 4.69) is 25.2 Å². The van der Waals surface area contributed by atoms with Crippen molar-refractivity contribution in [3.63, 3.8) is 0 Å². The van der Waals surface area contributed by atoms with Gasteiger partial charge in [-0.1, -0.05) is 37.6 Å². The van der Waals surface area contributed by atoms with Crippen LogP contribution in [-0.2, 0) is 0 Å². The minimum Gasteiger partial charge on any atom is -0.147 e. The van der Waals surface area contributed by atoms with Gasteiger partial charge in [-0.15, -0.1) is 12.4 Å². The molecule has 0 bridgehead atoms. The van der Waals surface area contributed by atoms with Crippen molar-refractivity contribution >= 4 is 12.4 Å². The van der Waals surface area contributed by atoms with Crippen LogP contribution in [0.2, 0.25) is 0 Å². The molecule has 0 unspecified atom stereocenters. The van der Waals surface area contributed by atoms with Crippen molar-refractivity contribution in [2.24, 2.45) is 0 Å². The molecule has 0 aromatic carbocycles. The van der Waals surface area contributed by atoms with Gasteiger partial charge in [0.1, 0.15) is 0 Å². The summed E-state index contributed by atoms with van der Waals surface area (Å²) in [6.45, 7) is 4.20. The SMILES string of the molecule is C/C=C\C=C/CCC.Cl. The highest BCUT2D eigenvalue weighted by Crippen LogP contribution is 1.87. The van der Waals surface area contributed by atoms with E-state index in [9.17, 15) is 0 Å². The van der Waals surface area contributed by atoms with Crippen molar-refractivity contribution in [1.29, 1.82) is 0 Å². The zero-order valence-electron chi connectivity index (χ0n) is 6.13. The Morgan fingerprint density at radius 2 is 1.89 bits per heavy atom. The van der Waals surface area contributed by atoms with Crippen LogP contribution >= 0.6 is 12.4 Å². The van der Waals surface area contributed by atoms with Gasteiger partial charge in [-0.3, -0.25) is 0 Å². The maximum atomic E-state index is 2.18. The number of hydrogen-bond acceptors (Lipinski definition) is 0. The second-order valence-corrected chi connectivity index (χ2v) is 1.74. The zero-order valence-corrected chi connectivity index (χ0v) is 6.95. The lowest BCUT2D eigenvalue weighted by atomic mass is 10.3. The van der Waals surface area contributed by atoms with Crippen LogP contribution in [0.3, 0.4) is 0 Å². The third kappa shape index (κ3) is 11.4. The molecule has 0 saturated carbocycles. The number of hydrogen-bond donors (Lipinski definition) is 0. The van der Waals surface area contributed by atoms with Crippen LogP contribution in [0.15, 0.2) is 24.3 Å². The molecule has 0 radical (unpaired) electrons. The number of unbranched alkanes of at least 4 members (excludes halogenated alkanes) is 1. The minimum atomic E-state index is 0. The summed E-state index contributed by atoms with van der Waals surface area (Å²) < 4.78 is 0. The Balaban J connectivity index is 0. The Labute approximate surface area is 64.1 Å². The molecule has 0 amide bonds. The van der Waals surface area contributed by atoms with E-state index in [1.54, 1.807) is 0 Å². The number of halogens is 1. The summed E-state index contributed by atoms with van der Waals surface area (Å²) in [7, 11) is 0. The van der Waals surface area contributed by atoms with Crippen LogP contribution in [0.4, 0.5) is 0 Å². The van der Waals surface area contributed by atoms with Crippen molar-refractivity contribution in [1.82, 2.24) is 0 Å². The Kier molecular flexibility index (Phi) is 13.7. The lowest BCUT2D eigenvalue weighted by molar-refractivity contribution is 0.959. The molecule has 0 aromatic heterocycles. The summed E-state index contributed by atoms with van der Waals surface area (Å²) in [5.41, 5.74) is 0. The van der Waals surface area contributed by atoms with Crippen LogP contribution in [-0.4, -0.2) is 0 Å². The molecule has 0 atom stereocenters. The van der Waals surface area contributed by atoms with Crippen LogP contribution in [0.1, 0.15) is 26.7 Å². The van der Waals surface area contributed by atoms with E-state index in [4.69, 9.17) is 0 Å². The Bertz CT molecular complexity index is 82.6. The maximum absolute atomic E-state index is 2.18. The Hall–Kier alpha value is -0.230. The first kappa shape index (κ1) is 11.6. The third-order valence-electron chi connectivity index (χ3n) is 0.895. The van der Waals surface area contributed by atoms with Gasteiger partial charge in [-0.2, -0.15) is 0 Å². The van der Waals surface area contributed by atoms with Crippen molar-refractivity contribution in [2.45, 2.75) is 26.7 Å². The first-order valence-corrected chi connectivity index (χ1v) is 3.19. The summed E-state index contributed by atoms with van der Waals surface area (Å²) in [5, 5.41) is 0. The largest absolute Gasteiger partial charge is 0.147 e. The van der Waals surface area contributed by atoms with E-state index in [-0.39, 0.29) is 12.4 Å². The van der Waals surface area contributed by atoms with Crippen molar-refractivity contribution in [2.75, 3.05) is 0 Å². The zero-order chi connectivity index (χ0) is 6.24. The van der Waals surface area contributed by atoms with E-state index in [1.165, 1.54) is 12.8 Å². The molecule has 0 spiro atoms. The lowest BCUT2D eigenvalue weighted by Gasteiger charge is -1.78. The highest BCUT2D eigenvalue weighted by atomic mass is 35.5. The average molecular weight is 147 g/mol. The van der Waals surface area contributed by atoms with Crippen LogP contribution in [0.5, 0.6) is 0 Å². The average Bonchev–Trinajstić information content (AvgIpc) is 1.81. The van der Waals surface area contributed by atoms with Crippen LogP contribution in [0, 0.1) is 0 Å². The summed E-state index contributed by atoms with van der Waals surface area (Å²) in [4.78, 5) is 0. The predicted molar refractivity (Wildman–Crippen MR) is 46.1 cm³/mol. The van der Waals surface area contributed by atoms with Gasteiger partial charge in [0, 0.05) is 0 Å².